The topological polar surface area (TPSA) is 99.0 Å². The second-order valence-corrected chi connectivity index (χ2v) is 4.91. The molecule has 0 bridgehead atoms. The van der Waals surface area contributed by atoms with E-state index in [0.29, 0.717) is 11.3 Å². The van der Waals surface area contributed by atoms with Gasteiger partial charge in [-0.2, -0.15) is 4.68 Å². The molecule has 8 nitrogen and oxygen atoms in total. The minimum Gasteiger partial charge on any atom is -0.469 e. The van der Waals surface area contributed by atoms with Crippen molar-refractivity contribution in [3.8, 4) is 5.69 Å². The SMILES string of the molecule is COC(=O)CCNC(=O)c1cc(Br)ccc1-n1cnnn1. The van der Waals surface area contributed by atoms with Crippen LogP contribution in [-0.4, -0.2) is 45.7 Å². The summed E-state index contributed by atoms with van der Waals surface area (Å²) in [6.45, 7) is 0.188. The maximum Gasteiger partial charge on any atom is 0.307 e. The molecule has 0 unspecified atom stereocenters. The van der Waals surface area contributed by atoms with Crippen molar-refractivity contribution in [2.24, 2.45) is 0 Å². The molecular formula is C12H12BrN5O3. The van der Waals surface area contributed by atoms with Gasteiger partial charge in [0.15, 0.2) is 0 Å². The summed E-state index contributed by atoms with van der Waals surface area (Å²) in [4.78, 5) is 23.2. The lowest BCUT2D eigenvalue weighted by atomic mass is 10.1. The maximum atomic E-state index is 12.2. The predicted molar refractivity (Wildman–Crippen MR) is 75.8 cm³/mol. The lowest BCUT2D eigenvalue weighted by molar-refractivity contribution is -0.140. The number of esters is 1. The van der Waals surface area contributed by atoms with Crippen LogP contribution in [0, 0.1) is 0 Å². The van der Waals surface area contributed by atoms with Crippen LogP contribution < -0.4 is 5.32 Å². The molecule has 1 amide bonds. The largest absolute Gasteiger partial charge is 0.469 e. The van der Waals surface area contributed by atoms with Crippen molar-refractivity contribution < 1.29 is 14.3 Å². The Hall–Kier alpha value is -2.29. The molecule has 2 aromatic rings. The molecule has 0 spiro atoms. The van der Waals surface area contributed by atoms with Crippen LogP contribution >= 0.6 is 15.9 Å². The quantitative estimate of drug-likeness (QED) is 0.795. The number of carbonyl (C=O) groups is 2. The molecule has 0 atom stereocenters. The third-order valence-corrected chi connectivity index (χ3v) is 3.13. The molecule has 110 valence electrons. The average Bonchev–Trinajstić information content (AvgIpc) is 3.00. The van der Waals surface area contributed by atoms with Crippen LogP contribution in [0.4, 0.5) is 0 Å². The van der Waals surface area contributed by atoms with E-state index in [1.165, 1.54) is 18.1 Å². The van der Waals surface area contributed by atoms with Crippen LogP contribution in [0.15, 0.2) is 29.0 Å². The fourth-order valence-corrected chi connectivity index (χ4v) is 2.00. The van der Waals surface area contributed by atoms with E-state index in [1.807, 2.05) is 0 Å². The highest BCUT2D eigenvalue weighted by Crippen LogP contribution is 2.19. The van der Waals surface area contributed by atoms with E-state index in [0.717, 1.165) is 4.47 Å². The Morgan fingerprint density at radius 3 is 2.90 bits per heavy atom. The van der Waals surface area contributed by atoms with E-state index >= 15 is 0 Å². The summed E-state index contributed by atoms with van der Waals surface area (Å²) in [5.74, 6) is -0.712. The van der Waals surface area contributed by atoms with Gasteiger partial charge in [-0.05, 0) is 28.6 Å². The lowest BCUT2D eigenvalue weighted by Gasteiger charge is -2.09. The summed E-state index contributed by atoms with van der Waals surface area (Å²) in [5.41, 5.74) is 0.931. The summed E-state index contributed by atoms with van der Waals surface area (Å²) >= 11 is 3.32. The fourth-order valence-electron chi connectivity index (χ4n) is 1.64. The van der Waals surface area contributed by atoms with Crippen LogP contribution in [0.3, 0.4) is 0 Å². The van der Waals surface area contributed by atoms with E-state index in [1.54, 1.807) is 18.2 Å². The fraction of sp³-hybridized carbons (Fsp3) is 0.250. The summed E-state index contributed by atoms with van der Waals surface area (Å²) in [6.07, 6.45) is 1.50. The van der Waals surface area contributed by atoms with Gasteiger partial charge in [0, 0.05) is 11.0 Å². The molecule has 0 saturated heterocycles. The number of hydrogen-bond donors (Lipinski definition) is 1. The summed E-state index contributed by atoms with van der Waals surface area (Å²) < 4.78 is 6.65. The molecular weight excluding hydrogens is 342 g/mol. The Morgan fingerprint density at radius 1 is 1.43 bits per heavy atom. The number of nitrogens with one attached hydrogen (secondary N) is 1. The number of amides is 1. The zero-order valence-electron chi connectivity index (χ0n) is 11.1. The van der Waals surface area contributed by atoms with Crippen LogP contribution in [0.5, 0.6) is 0 Å². The number of nitrogens with zero attached hydrogens (tertiary/aromatic N) is 4. The first-order valence-corrected chi connectivity index (χ1v) is 6.79. The highest BCUT2D eigenvalue weighted by atomic mass is 79.9. The van der Waals surface area contributed by atoms with Crippen molar-refractivity contribution in [1.82, 2.24) is 25.5 Å². The van der Waals surface area contributed by atoms with E-state index in [4.69, 9.17) is 0 Å². The molecule has 0 radical (unpaired) electrons. The highest BCUT2D eigenvalue weighted by molar-refractivity contribution is 9.10. The third-order valence-electron chi connectivity index (χ3n) is 2.64. The van der Waals surface area contributed by atoms with Crippen molar-refractivity contribution in [2.75, 3.05) is 13.7 Å². The Labute approximate surface area is 128 Å². The Morgan fingerprint density at radius 2 is 2.24 bits per heavy atom. The minimum absolute atomic E-state index is 0.108. The molecule has 0 aliphatic rings. The van der Waals surface area contributed by atoms with Gasteiger partial charge in [0.05, 0.1) is 24.8 Å². The van der Waals surface area contributed by atoms with Crippen molar-refractivity contribution in [3.05, 3.63) is 34.6 Å². The third kappa shape index (κ3) is 3.85. The van der Waals surface area contributed by atoms with E-state index in [-0.39, 0.29) is 24.8 Å². The van der Waals surface area contributed by atoms with Gasteiger partial charge in [-0.15, -0.1) is 5.10 Å². The van der Waals surface area contributed by atoms with Crippen molar-refractivity contribution in [1.29, 1.82) is 0 Å². The summed E-state index contributed by atoms with van der Waals surface area (Å²) in [7, 11) is 1.30. The molecule has 1 N–H and O–H groups in total. The number of hydrogen-bond acceptors (Lipinski definition) is 6. The van der Waals surface area contributed by atoms with Crippen molar-refractivity contribution in [3.63, 3.8) is 0 Å². The number of aromatic nitrogens is 4. The van der Waals surface area contributed by atoms with Crippen molar-refractivity contribution >= 4 is 27.8 Å². The van der Waals surface area contributed by atoms with Gasteiger partial charge < -0.3 is 10.1 Å². The van der Waals surface area contributed by atoms with Gasteiger partial charge >= 0.3 is 5.97 Å². The van der Waals surface area contributed by atoms with Crippen LogP contribution in [0.1, 0.15) is 16.8 Å². The van der Waals surface area contributed by atoms with Gasteiger partial charge in [-0.1, -0.05) is 15.9 Å². The number of benzene rings is 1. The van der Waals surface area contributed by atoms with E-state index < -0.39 is 0 Å². The Balaban J connectivity index is 2.16. The first-order chi connectivity index (χ1) is 10.1. The Kier molecular flexibility index (Phi) is 4.99. The Bertz CT molecular complexity index is 644. The van der Waals surface area contributed by atoms with E-state index in [2.05, 4.69) is 41.5 Å². The molecule has 9 heteroatoms. The number of rotatable bonds is 5. The molecule has 1 aromatic carbocycles. The predicted octanol–water partition coefficient (Wildman–Crippen LogP) is 0.718. The molecule has 1 heterocycles. The highest BCUT2D eigenvalue weighted by Gasteiger charge is 2.14. The zero-order chi connectivity index (χ0) is 15.2. The number of carbonyl (C=O) groups excluding carboxylic acids is 2. The smallest absolute Gasteiger partial charge is 0.307 e. The second-order valence-electron chi connectivity index (χ2n) is 4.00. The van der Waals surface area contributed by atoms with Crippen molar-refractivity contribution in [2.45, 2.75) is 6.42 Å². The van der Waals surface area contributed by atoms with Gasteiger partial charge in [0.2, 0.25) is 0 Å². The van der Waals surface area contributed by atoms with Gasteiger partial charge in [-0.3, -0.25) is 9.59 Å². The number of halogens is 1. The minimum atomic E-state index is -0.384. The van der Waals surface area contributed by atoms with Gasteiger partial charge in [0.25, 0.3) is 5.91 Å². The molecule has 1 aromatic heterocycles. The number of methoxy groups -OCH3 is 1. The maximum absolute atomic E-state index is 12.2. The first kappa shape index (κ1) is 15.1. The number of tetrazole rings is 1. The molecule has 0 fully saturated rings. The zero-order valence-corrected chi connectivity index (χ0v) is 12.7. The van der Waals surface area contributed by atoms with Crippen LogP contribution in [-0.2, 0) is 9.53 Å². The molecule has 0 saturated carbocycles. The van der Waals surface area contributed by atoms with Gasteiger partial charge in [0.1, 0.15) is 6.33 Å². The molecule has 0 aliphatic carbocycles. The first-order valence-electron chi connectivity index (χ1n) is 5.99. The summed E-state index contributed by atoms with van der Waals surface area (Å²) in [6, 6.07) is 5.16. The number of ether oxygens (including phenoxy) is 1. The van der Waals surface area contributed by atoms with Gasteiger partial charge in [-0.25, -0.2) is 0 Å². The summed E-state index contributed by atoms with van der Waals surface area (Å²) in [5, 5.41) is 13.5. The van der Waals surface area contributed by atoms with Crippen LogP contribution in [0.25, 0.3) is 5.69 Å². The molecule has 2 rings (SSSR count). The average molecular weight is 354 g/mol. The lowest BCUT2D eigenvalue weighted by Crippen LogP contribution is -2.27. The normalized spacial score (nSPS) is 10.2. The molecule has 21 heavy (non-hydrogen) atoms. The van der Waals surface area contributed by atoms with E-state index in [9.17, 15) is 9.59 Å². The van der Waals surface area contributed by atoms with Crippen LogP contribution in [0.2, 0.25) is 0 Å². The standard InChI is InChI=1S/C12H12BrN5O3/c1-21-11(19)4-5-14-12(20)9-6-8(13)2-3-10(9)18-7-15-16-17-18/h2-3,6-7H,4-5H2,1H3,(H,14,20). The molecule has 0 aliphatic heterocycles. The second kappa shape index (κ2) is 6.93. The monoisotopic (exact) mass is 353 g/mol.